The molecule has 0 spiro atoms. The van der Waals surface area contributed by atoms with E-state index in [-0.39, 0.29) is 0 Å². The van der Waals surface area contributed by atoms with E-state index in [0.717, 1.165) is 44.6 Å². The van der Waals surface area contributed by atoms with E-state index in [2.05, 4.69) is 144 Å². The lowest BCUT2D eigenvalue weighted by molar-refractivity contribution is 1.07. The van der Waals surface area contributed by atoms with Gasteiger partial charge in [0.25, 0.3) is 0 Å². The van der Waals surface area contributed by atoms with Crippen molar-refractivity contribution in [2.75, 3.05) is 10.6 Å². The highest BCUT2D eigenvalue weighted by atomic mass is 14.9. The second-order valence-corrected chi connectivity index (χ2v) is 11.1. The summed E-state index contributed by atoms with van der Waals surface area (Å²) < 4.78 is 0. The van der Waals surface area contributed by atoms with Crippen molar-refractivity contribution in [2.45, 2.75) is 13.1 Å². The molecule has 8 rings (SSSR count). The summed E-state index contributed by atoms with van der Waals surface area (Å²) in [6.45, 7) is 1.23. The van der Waals surface area contributed by atoms with Crippen LogP contribution in [0.25, 0.3) is 54.5 Å². The van der Waals surface area contributed by atoms with Crippen molar-refractivity contribution in [3.05, 3.63) is 157 Å². The van der Waals surface area contributed by atoms with Gasteiger partial charge in [0.15, 0.2) is 0 Å². The molecule has 8 aromatic rings. The van der Waals surface area contributed by atoms with Crippen molar-refractivity contribution in [1.29, 1.82) is 0 Å². The number of hydrogen-bond acceptors (Lipinski definition) is 4. The first-order valence-electron chi connectivity index (χ1n) is 15.0. The van der Waals surface area contributed by atoms with Gasteiger partial charge in [-0.2, -0.15) is 0 Å². The van der Waals surface area contributed by atoms with E-state index in [0.29, 0.717) is 13.1 Å². The van der Waals surface area contributed by atoms with Crippen LogP contribution in [0.1, 0.15) is 11.4 Å². The summed E-state index contributed by atoms with van der Waals surface area (Å²) in [5.41, 5.74) is 8.51. The molecule has 0 aliphatic carbocycles. The lowest BCUT2D eigenvalue weighted by Crippen LogP contribution is -2.06. The number of nitrogens with zero attached hydrogens (tertiary/aromatic N) is 2. The topological polar surface area (TPSA) is 49.8 Å². The molecule has 0 fully saturated rings. The van der Waals surface area contributed by atoms with Crippen LogP contribution in [0.2, 0.25) is 0 Å². The average molecular weight is 567 g/mol. The van der Waals surface area contributed by atoms with Crippen LogP contribution in [0.3, 0.4) is 0 Å². The number of hydrogen-bond donors (Lipinski definition) is 2. The summed E-state index contributed by atoms with van der Waals surface area (Å²) >= 11 is 0. The molecule has 44 heavy (non-hydrogen) atoms. The lowest BCUT2D eigenvalue weighted by atomic mass is 9.91. The van der Waals surface area contributed by atoms with Gasteiger partial charge in [0, 0.05) is 33.3 Å². The van der Waals surface area contributed by atoms with Gasteiger partial charge in [-0.15, -0.1) is 0 Å². The number of benzene rings is 6. The summed E-state index contributed by atoms with van der Waals surface area (Å²) in [5.74, 6) is 0. The number of anilines is 2. The quantitative estimate of drug-likeness (QED) is 0.202. The molecule has 0 aliphatic heterocycles. The molecule has 2 N–H and O–H groups in total. The lowest BCUT2D eigenvalue weighted by Gasteiger charge is -2.21. The van der Waals surface area contributed by atoms with Crippen molar-refractivity contribution < 1.29 is 0 Å². The van der Waals surface area contributed by atoms with Crippen LogP contribution in [0.15, 0.2) is 146 Å². The van der Waals surface area contributed by atoms with Gasteiger partial charge in [-0.25, -0.2) is 0 Å². The Labute approximate surface area is 256 Å². The molecule has 2 heterocycles. The number of para-hydroxylation sites is 2. The number of fused-ring (bicyclic) bond motifs is 4. The molecule has 4 heteroatoms. The normalized spacial score (nSPS) is 11.4. The van der Waals surface area contributed by atoms with E-state index in [1.807, 2.05) is 12.1 Å². The molecule has 210 valence electrons. The second-order valence-electron chi connectivity index (χ2n) is 11.1. The third-order valence-electron chi connectivity index (χ3n) is 8.34. The average Bonchev–Trinajstić information content (AvgIpc) is 3.09. The summed E-state index contributed by atoms with van der Waals surface area (Å²) in [7, 11) is 0. The van der Waals surface area contributed by atoms with E-state index in [1.54, 1.807) is 0 Å². The summed E-state index contributed by atoms with van der Waals surface area (Å²) in [4.78, 5) is 9.85. The van der Waals surface area contributed by atoms with E-state index in [1.165, 1.54) is 32.7 Å². The van der Waals surface area contributed by atoms with E-state index in [9.17, 15) is 0 Å². The molecule has 0 radical (unpaired) electrons. The third kappa shape index (κ3) is 4.87. The standard InChI is InChI=1S/C40H30N4/c1-5-13-33-27(9-1)19-23-37(41-25-31-21-17-29-11-3-7-15-35(29)43-31)39(33)40-34-14-6-2-10-28(34)20-24-38(40)42-26-32-22-18-30-12-4-8-16-36(30)44-32/h1-24,41-42H,25-26H2. The Morgan fingerprint density at radius 3 is 1.23 bits per heavy atom. The predicted molar refractivity (Wildman–Crippen MR) is 185 cm³/mol. The first kappa shape index (κ1) is 25.9. The number of rotatable bonds is 7. The minimum absolute atomic E-state index is 0.616. The molecule has 6 aromatic carbocycles. The Morgan fingerprint density at radius 1 is 0.364 bits per heavy atom. The first-order valence-corrected chi connectivity index (χ1v) is 15.0. The van der Waals surface area contributed by atoms with E-state index in [4.69, 9.17) is 9.97 Å². The maximum absolute atomic E-state index is 4.93. The Hall–Kier alpha value is -5.74. The van der Waals surface area contributed by atoms with E-state index >= 15 is 0 Å². The van der Waals surface area contributed by atoms with E-state index < -0.39 is 0 Å². The van der Waals surface area contributed by atoms with Gasteiger partial charge in [0.2, 0.25) is 0 Å². The van der Waals surface area contributed by atoms with Crippen molar-refractivity contribution in [3.8, 4) is 11.1 Å². The Balaban J connectivity index is 1.24. The monoisotopic (exact) mass is 566 g/mol. The Bertz CT molecular complexity index is 2140. The SMILES string of the molecule is c1ccc2nc(CNc3ccc4ccccc4c3-c3c(NCc4ccc5ccccc5n4)ccc4ccccc34)ccc2c1. The minimum Gasteiger partial charge on any atom is -0.379 e. The molecular weight excluding hydrogens is 536 g/mol. The van der Waals surface area contributed by atoms with Crippen LogP contribution in [0.4, 0.5) is 11.4 Å². The number of pyridine rings is 2. The molecule has 0 unspecified atom stereocenters. The molecule has 0 saturated carbocycles. The summed E-state index contributed by atoms with van der Waals surface area (Å²) in [5, 5.41) is 14.6. The molecule has 0 amide bonds. The fraction of sp³-hybridized carbons (Fsp3) is 0.0500. The molecule has 0 aliphatic rings. The zero-order valence-corrected chi connectivity index (χ0v) is 24.2. The van der Waals surface area contributed by atoms with Gasteiger partial charge in [0.1, 0.15) is 0 Å². The summed E-state index contributed by atoms with van der Waals surface area (Å²) in [6.07, 6.45) is 0. The summed E-state index contributed by atoms with van der Waals surface area (Å²) in [6, 6.07) is 51.1. The predicted octanol–water partition coefficient (Wildman–Crippen LogP) is 9.98. The van der Waals surface area contributed by atoms with Crippen molar-refractivity contribution >= 4 is 54.7 Å². The molecule has 0 atom stereocenters. The highest BCUT2D eigenvalue weighted by Gasteiger charge is 2.17. The molecular formula is C40H30N4. The highest BCUT2D eigenvalue weighted by molar-refractivity contribution is 6.13. The molecule has 4 nitrogen and oxygen atoms in total. The maximum Gasteiger partial charge on any atom is 0.0706 e. The van der Waals surface area contributed by atoms with Crippen LogP contribution in [-0.2, 0) is 13.1 Å². The van der Waals surface area contributed by atoms with Crippen molar-refractivity contribution in [1.82, 2.24) is 9.97 Å². The van der Waals surface area contributed by atoms with Crippen LogP contribution in [0.5, 0.6) is 0 Å². The number of nitrogens with one attached hydrogen (secondary N) is 2. The van der Waals surface area contributed by atoms with Crippen LogP contribution >= 0.6 is 0 Å². The zero-order valence-electron chi connectivity index (χ0n) is 24.2. The van der Waals surface area contributed by atoms with Crippen molar-refractivity contribution in [2.24, 2.45) is 0 Å². The molecule has 0 saturated heterocycles. The largest absolute Gasteiger partial charge is 0.379 e. The fourth-order valence-corrected chi connectivity index (χ4v) is 6.16. The van der Waals surface area contributed by atoms with Gasteiger partial charge >= 0.3 is 0 Å². The second kappa shape index (κ2) is 11.2. The molecule has 0 bridgehead atoms. The van der Waals surface area contributed by atoms with Crippen molar-refractivity contribution in [3.63, 3.8) is 0 Å². The van der Waals surface area contributed by atoms with Crippen LogP contribution in [0, 0.1) is 0 Å². The molecule has 2 aromatic heterocycles. The smallest absolute Gasteiger partial charge is 0.0706 e. The Kier molecular flexibility index (Phi) is 6.58. The van der Waals surface area contributed by atoms with Gasteiger partial charge in [-0.1, -0.05) is 109 Å². The fourth-order valence-electron chi connectivity index (χ4n) is 6.16. The third-order valence-corrected chi connectivity index (χ3v) is 8.34. The zero-order chi connectivity index (χ0) is 29.3. The van der Waals surface area contributed by atoms with Crippen LogP contribution in [-0.4, -0.2) is 9.97 Å². The van der Waals surface area contributed by atoms with Crippen LogP contribution < -0.4 is 10.6 Å². The Morgan fingerprint density at radius 2 is 0.750 bits per heavy atom. The van der Waals surface area contributed by atoms with Gasteiger partial charge in [0.05, 0.1) is 35.5 Å². The maximum atomic E-state index is 4.93. The first-order chi connectivity index (χ1) is 21.8. The van der Waals surface area contributed by atoms with Gasteiger partial charge < -0.3 is 10.6 Å². The minimum atomic E-state index is 0.616. The highest BCUT2D eigenvalue weighted by Crippen LogP contribution is 2.43. The number of aromatic nitrogens is 2. The van der Waals surface area contributed by atoms with Gasteiger partial charge in [-0.3, -0.25) is 9.97 Å². The van der Waals surface area contributed by atoms with Gasteiger partial charge in [-0.05, 0) is 57.9 Å².